The van der Waals surface area contributed by atoms with Crippen LogP contribution in [0.2, 0.25) is 0 Å². The Kier molecular flexibility index (Phi) is 5.86. The van der Waals surface area contributed by atoms with Crippen molar-refractivity contribution in [1.29, 1.82) is 0 Å². The number of amides is 1. The van der Waals surface area contributed by atoms with E-state index in [-0.39, 0.29) is 11.5 Å². The Morgan fingerprint density at radius 3 is 2.68 bits per heavy atom. The van der Waals surface area contributed by atoms with Gasteiger partial charge in [-0.3, -0.25) is 14.2 Å². The second-order valence-electron chi connectivity index (χ2n) is 7.25. The van der Waals surface area contributed by atoms with Gasteiger partial charge in [0.25, 0.3) is 5.56 Å². The first kappa shape index (κ1) is 20.8. The lowest BCUT2D eigenvalue weighted by molar-refractivity contribution is -0.118. The number of para-hydroxylation sites is 2. The number of rotatable bonds is 6. The van der Waals surface area contributed by atoms with Gasteiger partial charge in [0, 0.05) is 10.9 Å². The highest BCUT2D eigenvalue weighted by Crippen LogP contribution is 2.31. The van der Waals surface area contributed by atoms with Gasteiger partial charge >= 0.3 is 0 Å². The largest absolute Gasteiger partial charge is 0.492 e. The Hall–Kier alpha value is -3.45. The van der Waals surface area contributed by atoms with E-state index in [4.69, 9.17) is 4.74 Å². The Morgan fingerprint density at radius 2 is 1.94 bits per heavy atom. The summed E-state index contributed by atoms with van der Waals surface area (Å²) in [4.78, 5) is 31.4. The zero-order valence-corrected chi connectivity index (χ0v) is 18.4. The van der Waals surface area contributed by atoms with Gasteiger partial charge in [-0.1, -0.05) is 42.0 Å². The summed E-state index contributed by atoms with van der Waals surface area (Å²) in [6, 6.07) is 14.5. The number of nitrogens with one attached hydrogen (secondary N) is 1. The maximum Gasteiger partial charge on any atom is 0.263 e. The third-order valence-electron chi connectivity index (χ3n) is 5.12. The minimum Gasteiger partial charge on any atom is -0.492 e. The molecule has 0 saturated carbocycles. The Balaban J connectivity index is 1.69. The van der Waals surface area contributed by atoms with Crippen molar-refractivity contribution in [2.24, 2.45) is 0 Å². The summed E-state index contributed by atoms with van der Waals surface area (Å²) in [5.41, 5.74) is 3.27. The molecule has 0 aliphatic heterocycles. The van der Waals surface area contributed by atoms with Gasteiger partial charge in [-0.15, -0.1) is 11.3 Å². The number of aromatic nitrogens is 2. The summed E-state index contributed by atoms with van der Waals surface area (Å²) in [5, 5.41) is 5.34. The molecule has 7 heteroatoms. The molecule has 1 atom stereocenters. The molecule has 1 unspecified atom stereocenters. The maximum absolute atomic E-state index is 13.3. The number of carbonyl (C=O) groups is 1. The third kappa shape index (κ3) is 4.09. The van der Waals surface area contributed by atoms with Crippen molar-refractivity contribution in [1.82, 2.24) is 9.55 Å². The van der Waals surface area contributed by atoms with Crippen molar-refractivity contribution in [2.75, 3.05) is 11.9 Å². The van der Waals surface area contributed by atoms with E-state index in [2.05, 4.69) is 10.3 Å². The van der Waals surface area contributed by atoms with Crippen LogP contribution in [-0.2, 0) is 4.79 Å². The van der Waals surface area contributed by atoms with E-state index in [0.29, 0.717) is 28.3 Å². The zero-order valence-electron chi connectivity index (χ0n) is 17.6. The van der Waals surface area contributed by atoms with Gasteiger partial charge in [-0.05, 0) is 38.5 Å². The average molecular weight is 434 g/mol. The van der Waals surface area contributed by atoms with Gasteiger partial charge in [-0.25, -0.2) is 4.98 Å². The van der Waals surface area contributed by atoms with Gasteiger partial charge in [0.05, 0.1) is 24.0 Å². The highest BCUT2D eigenvalue weighted by Gasteiger charge is 2.21. The van der Waals surface area contributed by atoms with E-state index in [1.807, 2.05) is 55.6 Å². The van der Waals surface area contributed by atoms with Gasteiger partial charge < -0.3 is 10.1 Å². The molecule has 0 aliphatic rings. The molecule has 4 rings (SSSR count). The SMILES string of the molecule is CCOc1ccccc1NC(=O)C(C)n1cnc2scc(-c3ccc(C)cc3)c2c1=O. The molecule has 0 saturated heterocycles. The van der Waals surface area contributed by atoms with Crippen LogP contribution in [0.15, 0.2) is 65.0 Å². The minimum absolute atomic E-state index is 0.234. The number of benzene rings is 2. The van der Waals surface area contributed by atoms with Crippen LogP contribution in [0.4, 0.5) is 5.69 Å². The van der Waals surface area contributed by atoms with Gasteiger partial charge in [0.2, 0.25) is 5.91 Å². The monoisotopic (exact) mass is 433 g/mol. The van der Waals surface area contributed by atoms with Crippen LogP contribution in [0.1, 0.15) is 25.5 Å². The van der Waals surface area contributed by atoms with Crippen molar-refractivity contribution >= 4 is 33.1 Å². The number of carbonyl (C=O) groups excluding carboxylic acids is 1. The van der Waals surface area contributed by atoms with Gasteiger partial charge in [-0.2, -0.15) is 0 Å². The first-order valence-electron chi connectivity index (χ1n) is 10.1. The number of aryl methyl sites for hydroxylation is 1. The zero-order chi connectivity index (χ0) is 22.0. The molecule has 0 radical (unpaired) electrons. The van der Waals surface area contributed by atoms with Gasteiger partial charge in [0.15, 0.2) is 0 Å². The van der Waals surface area contributed by atoms with Crippen LogP contribution in [0, 0.1) is 6.92 Å². The molecule has 6 nitrogen and oxygen atoms in total. The van der Waals surface area contributed by atoms with Crippen molar-refractivity contribution in [3.05, 3.63) is 76.2 Å². The van der Waals surface area contributed by atoms with Crippen LogP contribution < -0.4 is 15.6 Å². The Morgan fingerprint density at radius 1 is 1.19 bits per heavy atom. The number of fused-ring (bicyclic) bond motifs is 1. The Bertz CT molecular complexity index is 1290. The number of nitrogens with zero attached hydrogens (tertiary/aromatic N) is 2. The molecule has 0 fully saturated rings. The molecule has 1 amide bonds. The molecule has 31 heavy (non-hydrogen) atoms. The van der Waals surface area contributed by atoms with Crippen LogP contribution in [0.25, 0.3) is 21.3 Å². The lowest BCUT2D eigenvalue weighted by Gasteiger charge is -2.17. The van der Waals surface area contributed by atoms with Crippen LogP contribution in [-0.4, -0.2) is 22.1 Å². The third-order valence-corrected chi connectivity index (χ3v) is 6.01. The molecule has 1 N–H and O–H groups in total. The number of ether oxygens (including phenoxy) is 1. The summed E-state index contributed by atoms with van der Waals surface area (Å²) in [6.45, 7) is 6.08. The fraction of sp³-hybridized carbons (Fsp3) is 0.208. The lowest BCUT2D eigenvalue weighted by Crippen LogP contribution is -2.31. The first-order valence-corrected chi connectivity index (χ1v) is 11.0. The second kappa shape index (κ2) is 8.73. The van der Waals surface area contributed by atoms with E-state index >= 15 is 0 Å². The van der Waals surface area contributed by atoms with E-state index in [1.54, 1.807) is 19.1 Å². The van der Waals surface area contributed by atoms with Gasteiger partial charge in [0.1, 0.15) is 16.6 Å². The van der Waals surface area contributed by atoms with Crippen molar-refractivity contribution in [3.63, 3.8) is 0 Å². The molecule has 0 bridgehead atoms. The quantitative estimate of drug-likeness (QED) is 0.463. The molecule has 0 aliphatic carbocycles. The number of thiophene rings is 1. The molecule has 2 aromatic heterocycles. The topological polar surface area (TPSA) is 73.2 Å². The van der Waals surface area contributed by atoms with Crippen molar-refractivity contribution < 1.29 is 9.53 Å². The molecular weight excluding hydrogens is 410 g/mol. The molecule has 158 valence electrons. The van der Waals surface area contributed by atoms with E-state index in [1.165, 1.54) is 22.2 Å². The molecule has 4 aromatic rings. The standard InChI is InChI=1S/C24H23N3O3S/c1-4-30-20-8-6-5-7-19(20)26-22(28)16(3)27-14-25-23-21(24(27)29)18(13-31-23)17-11-9-15(2)10-12-17/h5-14,16H,4H2,1-3H3,(H,26,28). The molecule has 0 spiro atoms. The summed E-state index contributed by atoms with van der Waals surface area (Å²) in [7, 11) is 0. The maximum atomic E-state index is 13.3. The van der Waals surface area contributed by atoms with Crippen molar-refractivity contribution in [2.45, 2.75) is 26.8 Å². The summed E-state index contributed by atoms with van der Waals surface area (Å²) in [6.07, 6.45) is 1.44. The van der Waals surface area contributed by atoms with Crippen LogP contribution >= 0.6 is 11.3 Å². The lowest BCUT2D eigenvalue weighted by atomic mass is 10.0. The summed E-state index contributed by atoms with van der Waals surface area (Å²) in [5.74, 6) is 0.272. The molecule has 2 aromatic carbocycles. The van der Waals surface area contributed by atoms with E-state index < -0.39 is 6.04 Å². The smallest absolute Gasteiger partial charge is 0.263 e. The predicted molar refractivity (Wildman–Crippen MR) is 125 cm³/mol. The fourth-order valence-corrected chi connectivity index (χ4v) is 4.29. The first-order chi connectivity index (χ1) is 15.0. The predicted octanol–water partition coefficient (Wildman–Crippen LogP) is 5.03. The molecular formula is C24H23N3O3S. The van der Waals surface area contributed by atoms with Crippen molar-refractivity contribution in [3.8, 4) is 16.9 Å². The highest BCUT2D eigenvalue weighted by atomic mass is 32.1. The minimum atomic E-state index is -0.746. The number of hydrogen-bond acceptors (Lipinski definition) is 5. The van der Waals surface area contributed by atoms with Crippen LogP contribution in [0.5, 0.6) is 5.75 Å². The van der Waals surface area contributed by atoms with E-state index in [0.717, 1.165) is 16.7 Å². The fourth-order valence-electron chi connectivity index (χ4n) is 3.38. The summed E-state index contributed by atoms with van der Waals surface area (Å²) >= 11 is 1.42. The Labute approximate surface area is 184 Å². The number of hydrogen-bond donors (Lipinski definition) is 1. The second-order valence-corrected chi connectivity index (χ2v) is 8.11. The normalized spacial score (nSPS) is 12.0. The molecule has 2 heterocycles. The summed E-state index contributed by atoms with van der Waals surface area (Å²) < 4.78 is 6.95. The average Bonchev–Trinajstić information content (AvgIpc) is 3.21. The number of anilines is 1. The van der Waals surface area contributed by atoms with Crippen LogP contribution in [0.3, 0.4) is 0 Å². The van der Waals surface area contributed by atoms with E-state index in [9.17, 15) is 9.59 Å². The highest BCUT2D eigenvalue weighted by molar-refractivity contribution is 7.17.